The number of anilines is 1. The summed E-state index contributed by atoms with van der Waals surface area (Å²) in [5, 5.41) is 13.8. The standard InChI is InChI=1S/C25H23N5O3/c1-16-19-10-11-29(25(32)23(19)27-30(16)14-17-6-4-3-5-7-17)21-15-33-22-12-18(13-26)8-9-20(22)28(2)24(21)31/h3-9,12,21H,10-11,14-15H2,1-2H3/t21-/m0/s1. The summed E-state index contributed by atoms with van der Waals surface area (Å²) in [6.07, 6.45) is 0.626. The van der Waals surface area contributed by atoms with Gasteiger partial charge in [-0.15, -0.1) is 0 Å². The van der Waals surface area contributed by atoms with Crippen LogP contribution in [0.25, 0.3) is 0 Å². The number of rotatable bonds is 3. The number of likely N-dealkylation sites (N-methyl/N-ethyl adjacent to an activating group) is 1. The second kappa shape index (κ2) is 8.10. The first-order chi connectivity index (χ1) is 16.0. The zero-order chi connectivity index (χ0) is 23.1. The van der Waals surface area contributed by atoms with Crippen molar-refractivity contribution < 1.29 is 14.3 Å². The van der Waals surface area contributed by atoms with E-state index in [0.717, 1.165) is 16.8 Å². The van der Waals surface area contributed by atoms with Gasteiger partial charge >= 0.3 is 0 Å². The average Bonchev–Trinajstić information content (AvgIpc) is 3.09. The van der Waals surface area contributed by atoms with Crippen LogP contribution in [0.3, 0.4) is 0 Å². The van der Waals surface area contributed by atoms with Gasteiger partial charge in [-0.05, 0) is 31.0 Å². The van der Waals surface area contributed by atoms with Crippen molar-refractivity contribution in [1.29, 1.82) is 5.26 Å². The van der Waals surface area contributed by atoms with E-state index in [1.165, 1.54) is 4.90 Å². The highest BCUT2D eigenvalue weighted by Crippen LogP contribution is 2.33. The Balaban J connectivity index is 1.42. The first kappa shape index (κ1) is 20.8. The number of hydrogen-bond donors (Lipinski definition) is 0. The number of hydrogen-bond acceptors (Lipinski definition) is 5. The van der Waals surface area contributed by atoms with Crippen LogP contribution >= 0.6 is 0 Å². The van der Waals surface area contributed by atoms with Crippen molar-refractivity contribution in [2.75, 3.05) is 25.1 Å². The summed E-state index contributed by atoms with van der Waals surface area (Å²) >= 11 is 0. The Morgan fingerprint density at radius 3 is 2.73 bits per heavy atom. The van der Waals surface area contributed by atoms with Crippen LogP contribution < -0.4 is 9.64 Å². The molecule has 0 radical (unpaired) electrons. The van der Waals surface area contributed by atoms with Gasteiger partial charge in [0.15, 0.2) is 5.69 Å². The molecule has 8 nitrogen and oxygen atoms in total. The van der Waals surface area contributed by atoms with Gasteiger partial charge in [0.25, 0.3) is 11.8 Å². The van der Waals surface area contributed by atoms with Gasteiger partial charge in [-0.1, -0.05) is 30.3 Å². The molecule has 5 rings (SSSR count). The molecule has 1 atom stereocenters. The molecule has 2 amide bonds. The molecule has 8 heteroatoms. The summed E-state index contributed by atoms with van der Waals surface area (Å²) in [5.74, 6) is -0.0265. The predicted molar refractivity (Wildman–Crippen MR) is 121 cm³/mol. The maximum Gasteiger partial charge on any atom is 0.275 e. The van der Waals surface area contributed by atoms with Crippen LogP contribution in [0.2, 0.25) is 0 Å². The maximum atomic E-state index is 13.5. The monoisotopic (exact) mass is 441 g/mol. The Morgan fingerprint density at radius 2 is 1.97 bits per heavy atom. The molecule has 2 aliphatic rings. The fourth-order valence-electron chi connectivity index (χ4n) is 4.51. The lowest BCUT2D eigenvalue weighted by Gasteiger charge is -2.33. The van der Waals surface area contributed by atoms with Crippen molar-refractivity contribution >= 4 is 17.5 Å². The third-order valence-corrected chi connectivity index (χ3v) is 6.41. The number of nitrogens with zero attached hydrogens (tertiary/aromatic N) is 5. The van der Waals surface area contributed by atoms with E-state index in [-0.39, 0.29) is 18.4 Å². The van der Waals surface area contributed by atoms with Crippen LogP contribution in [0, 0.1) is 18.3 Å². The highest BCUT2D eigenvalue weighted by molar-refractivity contribution is 6.03. The summed E-state index contributed by atoms with van der Waals surface area (Å²) in [6, 6.07) is 16.3. The summed E-state index contributed by atoms with van der Waals surface area (Å²) in [6.45, 7) is 3.00. The lowest BCUT2D eigenvalue weighted by Crippen LogP contribution is -2.54. The first-order valence-electron chi connectivity index (χ1n) is 10.8. The highest BCUT2D eigenvalue weighted by Gasteiger charge is 2.40. The maximum absolute atomic E-state index is 13.5. The van der Waals surface area contributed by atoms with Crippen molar-refractivity contribution in [2.45, 2.75) is 25.9 Å². The molecule has 0 fully saturated rings. The van der Waals surface area contributed by atoms with Gasteiger partial charge in [0.1, 0.15) is 18.4 Å². The van der Waals surface area contributed by atoms with Gasteiger partial charge in [0.05, 0.1) is 23.9 Å². The molecule has 0 unspecified atom stereocenters. The van der Waals surface area contributed by atoms with E-state index in [0.29, 0.717) is 42.2 Å². The molecule has 3 aromatic rings. The van der Waals surface area contributed by atoms with Gasteiger partial charge in [0, 0.05) is 30.9 Å². The van der Waals surface area contributed by atoms with Crippen molar-refractivity contribution in [3.8, 4) is 11.8 Å². The van der Waals surface area contributed by atoms with Crippen LogP contribution in [0.4, 0.5) is 5.69 Å². The van der Waals surface area contributed by atoms with Crippen molar-refractivity contribution in [1.82, 2.24) is 14.7 Å². The smallest absolute Gasteiger partial charge is 0.275 e. The van der Waals surface area contributed by atoms with Crippen molar-refractivity contribution in [3.63, 3.8) is 0 Å². The van der Waals surface area contributed by atoms with Crippen molar-refractivity contribution in [2.24, 2.45) is 0 Å². The molecule has 1 aromatic heterocycles. The second-order valence-electron chi connectivity index (χ2n) is 8.32. The summed E-state index contributed by atoms with van der Waals surface area (Å²) in [4.78, 5) is 29.8. The zero-order valence-electron chi connectivity index (χ0n) is 18.5. The molecule has 2 aliphatic heterocycles. The minimum absolute atomic E-state index is 0.0236. The van der Waals surface area contributed by atoms with Gasteiger partial charge in [-0.3, -0.25) is 14.3 Å². The van der Waals surface area contributed by atoms with E-state index < -0.39 is 6.04 Å². The fourth-order valence-corrected chi connectivity index (χ4v) is 4.51. The molecule has 0 saturated carbocycles. The minimum Gasteiger partial charge on any atom is -0.489 e. The fraction of sp³-hybridized carbons (Fsp3) is 0.280. The number of nitriles is 1. The quantitative estimate of drug-likeness (QED) is 0.623. The number of fused-ring (bicyclic) bond motifs is 2. The topological polar surface area (TPSA) is 91.5 Å². The molecule has 0 bridgehead atoms. The minimum atomic E-state index is -0.770. The highest BCUT2D eigenvalue weighted by atomic mass is 16.5. The lowest BCUT2D eigenvalue weighted by atomic mass is 10.0. The number of benzene rings is 2. The van der Waals surface area contributed by atoms with Crippen molar-refractivity contribution in [3.05, 3.63) is 76.6 Å². The number of amides is 2. The predicted octanol–water partition coefficient (Wildman–Crippen LogP) is 2.53. The molecular formula is C25H23N5O3. The zero-order valence-corrected chi connectivity index (χ0v) is 18.5. The molecule has 0 saturated heterocycles. The largest absolute Gasteiger partial charge is 0.489 e. The Bertz CT molecular complexity index is 1290. The normalized spacial score (nSPS) is 17.7. The summed E-state index contributed by atoms with van der Waals surface area (Å²) < 4.78 is 7.77. The van der Waals surface area contributed by atoms with Crippen LogP contribution in [0.1, 0.15) is 32.9 Å². The van der Waals surface area contributed by atoms with Gasteiger partial charge in [-0.25, -0.2) is 0 Å². The molecule has 3 heterocycles. The third-order valence-electron chi connectivity index (χ3n) is 6.41. The molecule has 166 valence electrons. The van der Waals surface area contributed by atoms with Gasteiger partial charge in [-0.2, -0.15) is 10.4 Å². The molecule has 0 spiro atoms. The third kappa shape index (κ3) is 3.52. The molecule has 2 aromatic carbocycles. The van der Waals surface area contributed by atoms with Crippen LogP contribution in [0.15, 0.2) is 48.5 Å². The lowest BCUT2D eigenvalue weighted by molar-refractivity contribution is -0.123. The SMILES string of the molecule is Cc1c2c(nn1Cc1ccccc1)C(=O)N([C@H]1COc3cc(C#N)ccc3N(C)C1=O)CC2. The van der Waals surface area contributed by atoms with E-state index in [2.05, 4.69) is 11.2 Å². The molecule has 33 heavy (non-hydrogen) atoms. The first-order valence-corrected chi connectivity index (χ1v) is 10.8. The van der Waals surface area contributed by atoms with Gasteiger partial charge in [0.2, 0.25) is 0 Å². The summed E-state index contributed by atoms with van der Waals surface area (Å²) in [5.41, 5.74) is 4.44. The molecule has 0 aliphatic carbocycles. The van der Waals surface area contributed by atoms with Gasteiger partial charge < -0.3 is 14.5 Å². The van der Waals surface area contributed by atoms with E-state index in [1.54, 1.807) is 30.1 Å². The van der Waals surface area contributed by atoms with Crippen LogP contribution in [-0.2, 0) is 17.8 Å². The van der Waals surface area contributed by atoms with E-state index >= 15 is 0 Å². The summed E-state index contributed by atoms with van der Waals surface area (Å²) in [7, 11) is 1.66. The molecule has 0 N–H and O–H groups in total. The number of ether oxygens (including phenoxy) is 1. The van der Waals surface area contributed by atoms with E-state index in [4.69, 9.17) is 4.74 Å². The molecular weight excluding hydrogens is 418 g/mol. The Morgan fingerprint density at radius 1 is 1.18 bits per heavy atom. The van der Waals surface area contributed by atoms with E-state index in [1.807, 2.05) is 41.9 Å². The van der Waals surface area contributed by atoms with E-state index in [9.17, 15) is 14.9 Å². The van der Waals surface area contributed by atoms with Crippen LogP contribution in [-0.4, -0.2) is 52.7 Å². The Kier molecular flexibility index (Phi) is 5.09. The number of carbonyl (C=O) groups is 2. The number of carbonyl (C=O) groups excluding carboxylic acids is 2. The second-order valence-corrected chi connectivity index (χ2v) is 8.32. The van der Waals surface area contributed by atoms with Crippen LogP contribution in [0.5, 0.6) is 5.75 Å². The Labute approximate surface area is 191 Å². The number of aromatic nitrogens is 2. The average molecular weight is 441 g/mol. The Hall–Kier alpha value is -4.12.